The first kappa shape index (κ1) is 20.5. The summed E-state index contributed by atoms with van der Waals surface area (Å²) in [4.78, 5) is 20.4. The lowest BCUT2D eigenvalue weighted by molar-refractivity contribution is 0.132. The number of halogens is 1. The van der Waals surface area contributed by atoms with Gasteiger partial charge in [-0.15, -0.1) is 0 Å². The monoisotopic (exact) mass is 427 g/mol. The molecular weight excluding hydrogens is 402 g/mol. The van der Waals surface area contributed by atoms with Gasteiger partial charge >= 0.3 is 6.09 Å². The number of pyridine rings is 1. The summed E-state index contributed by atoms with van der Waals surface area (Å²) in [5.41, 5.74) is 5.56. The number of aromatic amines is 1. The fourth-order valence-electron chi connectivity index (χ4n) is 4.44. The van der Waals surface area contributed by atoms with Crippen molar-refractivity contribution in [1.82, 2.24) is 14.9 Å². The van der Waals surface area contributed by atoms with Gasteiger partial charge in [-0.05, 0) is 54.0 Å². The van der Waals surface area contributed by atoms with E-state index in [-0.39, 0.29) is 0 Å². The average Bonchev–Trinajstić information content (AvgIpc) is 3.12. The quantitative estimate of drug-likeness (QED) is 0.510. The van der Waals surface area contributed by atoms with Gasteiger partial charge in [0.2, 0.25) is 5.88 Å². The van der Waals surface area contributed by atoms with Crippen LogP contribution in [0.3, 0.4) is 0 Å². The molecule has 0 unspecified atom stereocenters. The number of methoxy groups -OCH3 is 1. The number of nitrogens with zero attached hydrogens (tertiary/aromatic N) is 2. The number of fused-ring (bicyclic) bond motifs is 1. The van der Waals surface area contributed by atoms with E-state index in [1.54, 1.807) is 7.11 Å². The van der Waals surface area contributed by atoms with Crippen molar-refractivity contribution >= 4 is 28.6 Å². The summed E-state index contributed by atoms with van der Waals surface area (Å²) in [6.07, 6.45) is 0.875. The van der Waals surface area contributed by atoms with Crippen LogP contribution in [-0.2, 0) is 0 Å². The van der Waals surface area contributed by atoms with Gasteiger partial charge in [0.15, 0.2) is 0 Å². The lowest BCUT2D eigenvalue weighted by atomic mass is 9.87. The Morgan fingerprint density at radius 1 is 1.27 bits per heavy atom. The minimum atomic E-state index is -0.826. The van der Waals surface area contributed by atoms with E-state index in [2.05, 4.69) is 42.0 Å². The van der Waals surface area contributed by atoms with E-state index in [0.29, 0.717) is 36.0 Å². The third-order valence-corrected chi connectivity index (χ3v) is 6.14. The van der Waals surface area contributed by atoms with Gasteiger partial charge in [-0.2, -0.15) is 0 Å². The first-order chi connectivity index (χ1) is 14.4. The number of likely N-dealkylation sites (tertiary alicyclic amines) is 1. The Bertz CT molecular complexity index is 1080. The van der Waals surface area contributed by atoms with E-state index < -0.39 is 6.09 Å². The van der Waals surface area contributed by atoms with Crippen LogP contribution in [0.25, 0.3) is 22.2 Å². The predicted octanol–water partition coefficient (Wildman–Crippen LogP) is 5.87. The molecule has 1 aromatic carbocycles. The Kier molecular flexibility index (Phi) is 5.60. The van der Waals surface area contributed by atoms with Crippen LogP contribution < -0.4 is 4.74 Å². The topological polar surface area (TPSA) is 78.5 Å². The molecule has 0 bridgehead atoms. The summed E-state index contributed by atoms with van der Waals surface area (Å²) in [6.45, 7) is 5.54. The number of rotatable bonds is 4. The number of piperidine rings is 1. The normalized spacial score (nSPS) is 15.2. The van der Waals surface area contributed by atoms with Crippen molar-refractivity contribution in [2.75, 3.05) is 20.2 Å². The van der Waals surface area contributed by atoms with Crippen LogP contribution >= 0.6 is 11.6 Å². The zero-order valence-electron chi connectivity index (χ0n) is 17.4. The van der Waals surface area contributed by atoms with Gasteiger partial charge in [-0.1, -0.05) is 31.5 Å². The fraction of sp³-hybridized carbons (Fsp3) is 0.391. The SMILES string of the molecule is COc1cc(-c2[nH]c3ccc(C4CCN(C(=O)O)CC4)cc3c2C(C)C)cc(Cl)n1. The second-order valence-corrected chi connectivity index (χ2v) is 8.53. The number of ether oxygens (including phenoxy) is 1. The maximum Gasteiger partial charge on any atom is 0.407 e. The standard InChI is InChI=1S/C23H26ClN3O3/c1-13(2)21-17-10-15(14-6-8-27(9-7-14)23(28)29)4-5-18(17)25-22(21)16-11-19(24)26-20(12-16)30-3/h4-5,10-14,25H,6-9H2,1-3H3,(H,28,29). The Labute approximate surface area is 180 Å². The lowest BCUT2D eigenvalue weighted by Crippen LogP contribution is -2.36. The highest BCUT2D eigenvalue weighted by Crippen LogP contribution is 2.39. The summed E-state index contributed by atoms with van der Waals surface area (Å²) in [7, 11) is 1.58. The van der Waals surface area contributed by atoms with E-state index in [9.17, 15) is 9.90 Å². The lowest BCUT2D eigenvalue weighted by Gasteiger charge is -2.30. The Hall–Kier alpha value is -2.73. The van der Waals surface area contributed by atoms with E-state index >= 15 is 0 Å². The third-order valence-electron chi connectivity index (χ3n) is 5.95. The Balaban J connectivity index is 1.75. The molecule has 1 aliphatic heterocycles. The largest absolute Gasteiger partial charge is 0.481 e. The molecule has 3 aromatic rings. The molecule has 0 spiro atoms. The average molecular weight is 428 g/mol. The Morgan fingerprint density at radius 3 is 2.63 bits per heavy atom. The smallest absolute Gasteiger partial charge is 0.407 e. The zero-order valence-corrected chi connectivity index (χ0v) is 18.2. The molecule has 4 rings (SSSR count). The number of aromatic nitrogens is 2. The first-order valence-corrected chi connectivity index (χ1v) is 10.6. The second kappa shape index (κ2) is 8.19. The molecule has 1 aliphatic rings. The van der Waals surface area contributed by atoms with Gasteiger partial charge in [0.05, 0.1) is 12.8 Å². The molecule has 1 amide bonds. The van der Waals surface area contributed by atoms with E-state index in [4.69, 9.17) is 16.3 Å². The summed E-state index contributed by atoms with van der Waals surface area (Å²) < 4.78 is 5.30. The molecule has 0 aliphatic carbocycles. The molecule has 6 nitrogen and oxygen atoms in total. The molecule has 30 heavy (non-hydrogen) atoms. The molecule has 158 valence electrons. The van der Waals surface area contributed by atoms with Gasteiger partial charge in [0, 0.05) is 35.6 Å². The van der Waals surface area contributed by atoms with Crippen molar-refractivity contribution in [2.45, 2.75) is 38.5 Å². The predicted molar refractivity (Wildman–Crippen MR) is 119 cm³/mol. The number of hydrogen-bond donors (Lipinski definition) is 2. The molecule has 3 heterocycles. The number of hydrogen-bond acceptors (Lipinski definition) is 3. The number of nitrogens with one attached hydrogen (secondary N) is 1. The van der Waals surface area contributed by atoms with Gasteiger partial charge in [-0.3, -0.25) is 0 Å². The highest BCUT2D eigenvalue weighted by Gasteiger charge is 2.25. The van der Waals surface area contributed by atoms with Crippen LogP contribution in [0.4, 0.5) is 4.79 Å². The van der Waals surface area contributed by atoms with Gasteiger partial charge < -0.3 is 19.7 Å². The van der Waals surface area contributed by atoms with Gasteiger partial charge in [-0.25, -0.2) is 9.78 Å². The number of H-pyrrole nitrogens is 1. The van der Waals surface area contributed by atoms with Crippen LogP contribution in [0.2, 0.25) is 5.15 Å². The third kappa shape index (κ3) is 3.84. The van der Waals surface area contributed by atoms with Crippen molar-refractivity contribution in [3.8, 4) is 17.1 Å². The number of carboxylic acid groups (broad SMARTS) is 1. The maximum atomic E-state index is 11.2. The number of benzene rings is 1. The van der Waals surface area contributed by atoms with Crippen molar-refractivity contribution in [3.05, 3.63) is 46.6 Å². The minimum Gasteiger partial charge on any atom is -0.481 e. The van der Waals surface area contributed by atoms with Gasteiger partial charge in [0.25, 0.3) is 0 Å². The fourth-order valence-corrected chi connectivity index (χ4v) is 4.64. The van der Waals surface area contributed by atoms with Crippen molar-refractivity contribution in [3.63, 3.8) is 0 Å². The van der Waals surface area contributed by atoms with E-state index in [1.165, 1.54) is 21.4 Å². The summed E-state index contributed by atoms with van der Waals surface area (Å²) in [5, 5.41) is 10.8. The molecule has 2 aromatic heterocycles. The molecule has 7 heteroatoms. The van der Waals surface area contributed by atoms with Crippen molar-refractivity contribution in [2.24, 2.45) is 0 Å². The van der Waals surface area contributed by atoms with E-state index in [1.807, 2.05) is 12.1 Å². The molecule has 1 fully saturated rings. The molecular formula is C23H26ClN3O3. The van der Waals surface area contributed by atoms with Crippen LogP contribution in [0, 0.1) is 0 Å². The minimum absolute atomic E-state index is 0.302. The number of amides is 1. The van der Waals surface area contributed by atoms with Crippen molar-refractivity contribution < 1.29 is 14.6 Å². The van der Waals surface area contributed by atoms with Crippen LogP contribution in [0.1, 0.15) is 49.7 Å². The van der Waals surface area contributed by atoms with Crippen LogP contribution in [-0.4, -0.2) is 46.3 Å². The summed E-state index contributed by atoms with van der Waals surface area (Å²) in [5.74, 6) is 1.16. The molecule has 0 saturated carbocycles. The van der Waals surface area contributed by atoms with E-state index in [0.717, 1.165) is 29.6 Å². The highest BCUT2D eigenvalue weighted by molar-refractivity contribution is 6.29. The second-order valence-electron chi connectivity index (χ2n) is 8.14. The zero-order chi connectivity index (χ0) is 21.4. The Morgan fingerprint density at radius 2 is 2.00 bits per heavy atom. The summed E-state index contributed by atoms with van der Waals surface area (Å²) >= 11 is 6.22. The summed E-state index contributed by atoms with van der Waals surface area (Å²) in [6, 6.07) is 10.3. The molecule has 0 radical (unpaired) electrons. The molecule has 2 N–H and O–H groups in total. The highest BCUT2D eigenvalue weighted by atomic mass is 35.5. The van der Waals surface area contributed by atoms with Gasteiger partial charge in [0.1, 0.15) is 5.15 Å². The van der Waals surface area contributed by atoms with Crippen molar-refractivity contribution in [1.29, 1.82) is 0 Å². The molecule has 0 atom stereocenters. The molecule has 1 saturated heterocycles. The number of carbonyl (C=O) groups is 1. The maximum absolute atomic E-state index is 11.2. The van der Waals surface area contributed by atoms with Crippen LogP contribution in [0.5, 0.6) is 5.88 Å². The first-order valence-electron chi connectivity index (χ1n) is 10.2. The van der Waals surface area contributed by atoms with Crippen LogP contribution in [0.15, 0.2) is 30.3 Å².